The molecule has 1 aliphatic rings. The highest BCUT2D eigenvalue weighted by molar-refractivity contribution is 6.99. The molecule has 0 heterocycles. The van der Waals surface area contributed by atoms with Crippen molar-refractivity contribution in [2.75, 3.05) is 13.7 Å². The topological polar surface area (TPSA) is 52.6 Å². The number of hydrogen-bond donors (Lipinski definition) is 0. The fourth-order valence-corrected chi connectivity index (χ4v) is 8.80. The maximum Gasteiger partial charge on any atom is 0.321 e. The van der Waals surface area contributed by atoms with Crippen LogP contribution in [-0.2, 0) is 18.8 Å². The summed E-state index contributed by atoms with van der Waals surface area (Å²) in [6.07, 6.45) is 0.378. The molecule has 2 atom stereocenters. The van der Waals surface area contributed by atoms with E-state index in [-0.39, 0.29) is 11.6 Å². The van der Waals surface area contributed by atoms with Crippen molar-refractivity contribution in [2.24, 2.45) is 5.41 Å². The van der Waals surface area contributed by atoms with Gasteiger partial charge in [-0.1, -0.05) is 87.5 Å². The monoisotopic (exact) mass is 426 g/mol. The summed E-state index contributed by atoms with van der Waals surface area (Å²) in [6.45, 7) is 5.99. The molecule has 6 heteroatoms. The van der Waals surface area contributed by atoms with Crippen molar-refractivity contribution in [3.63, 3.8) is 0 Å². The highest BCUT2D eigenvalue weighted by atomic mass is 28.4. The summed E-state index contributed by atoms with van der Waals surface area (Å²) in [6, 6.07) is 19.7. The third-order valence-electron chi connectivity index (χ3n) is 5.76. The molecule has 4 nitrogen and oxygen atoms in total. The number of ether oxygens (including phenoxy) is 1. The fraction of sp³-hybridized carbons (Fsp3) is 0.333. The predicted molar refractivity (Wildman–Crippen MR) is 117 cm³/mol. The van der Waals surface area contributed by atoms with E-state index in [1.165, 1.54) is 13.2 Å². The Kier molecular flexibility index (Phi) is 6.10. The van der Waals surface area contributed by atoms with E-state index in [0.29, 0.717) is 0 Å². The Labute approximate surface area is 177 Å². The van der Waals surface area contributed by atoms with Crippen LogP contribution in [0.25, 0.3) is 0 Å². The van der Waals surface area contributed by atoms with E-state index < -0.39 is 31.7 Å². The molecule has 0 spiro atoms. The Morgan fingerprint density at radius 3 is 1.90 bits per heavy atom. The van der Waals surface area contributed by atoms with Crippen LogP contribution in [0.4, 0.5) is 4.39 Å². The molecular weight excluding hydrogens is 399 g/mol. The van der Waals surface area contributed by atoms with Crippen LogP contribution in [0.15, 0.2) is 72.8 Å². The maximum atomic E-state index is 15.0. The SMILES string of the molecule is COC(=O)[C@@]1(CO[Si](c2ccccc2)(c2ccccc2)C(C)(C)C)C=CC(=O)C1F. The molecule has 1 unspecified atom stereocenters. The van der Waals surface area contributed by atoms with E-state index in [4.69, 9.17) is 9.16 Å². The predicted octanol–water partition coefficient (Wildman–Crippen LogP) is 3.20. The maximum absolute atomic E-state index is 15.0. The van der Waals surface area contributed by atoms with Gasteiger partial charge in [0.15, 0.2) is 12.0 Å². The number of methoxy groups -OCH3 is 1. The Bertz CT molecular complexity index is 897. The number of alkyl halides is 1. The van der Waals surface area contributed by atoms with Gasteiger partial charge in [-0.3, -0.25) is 9.59 Å². The number of hydrogen-bond acceptors (Lipinski definition) is 4. The standard InChI is InChI=1S/C24H27FO4Si/c1-23(2,3)30(18-11-7-5-8-12-18,19-13-9-6-10-14-19)29-17-24(22(27)28-4)16-15-20(26)21(24)25/h5-16,21H,17H2,1-4H3/t21?,24-/m1/s1. The molecule has 0 fully saturated rings. The molecule has 2 aromatic carbocycles. The summed E-state index contributed by atoms with van der Waals surface area (Å²) < 4.78 is 26.5. The van der Waals surface area contributed by atoms with Crippen LogP contribution in [0.2, 0.25) is 5.04 Å². The number of allylic oxidation sites excluding steroid dienone is 1. The molecule has 2 aromatic rings. The molecule has 3 rings (SSSR count). The highest BCUT2D eigenvalue weighted by Gasteiger charge is 2.56. The molecular formula is C24H27FO4Si. The van der Waals surface area contributed by atoms with Gasteiger partial charge >= 0.3 is 5.97 Å². The molecule has 0 saturated carbocycles. The number of esters is 1. The van der Waals surface area contributed by atoms with Gasteiger partial charge in [0.05, 0.1) is 13.7 Å². The zero-order valence-corrected chi connectivity index (χ0v) is 18.7. The highest BCUT2D eigenvalue weighted by Crippen LogP contribution is 2.41. The molecule has 0 saturated heterocycles. The summed E-state index contributed by atoms with van der Waals surface area (Å²) in [4.78, 5) is 24.6. The van der Waals surface area contributed by atoms with Gasteiger partial charge in [-0.15, -0.1) is 0 Å². The first-order valence-electron chi connectivity index (χ1n) is 9.89. The van der Waals surface area contributed by atoms with Gasteiger partial charge in [-0.2, -0.15) is 0 Å². The van der Waals surface area contributed by atoms with E-state index in [1.807, 2.05) is 60.7 Å². The van der Waals surface area contributed by atoms with Gasteiger partial charge in [-0.25, -0.2) is 4.39 Å². The number of benzene rings is 2. The molecule has 0 N–H and O–H groups in total. The van der Waals surface area contributed by atoms with Crippen molar-refractivity contribution < 1.29 is 23.1 Å². The second kappa shape index (κ2) is 8.28. The van der Waals surface area contributed by atoms with Crippen molar-refractivity contribution >= 4 is 30.4 Å². The lowest BCUT2D eigenvalue weighted by molar-refractivity contribution is -0.156. The smallest absolute Gasteiger partial charge is 0.321 e. The normalized spacial score (nSPS) is 21.6. The fourth-order valence-electron chi connectivity index (χ4n) is 4.18. The summed E-state index contributed by atoms with van der Waals surface area (Å²) in [5.41, 5.74) is -1.78. The number of carbonyl (C=O) groups excluding carboxylic acids is 2. The molecule has 0 bridgehead atoms. The van der Waals surface area contributed by atoms with E-state index in [0.717, 1.165) is 16.4 Å². The third-order valence-corrected chi connectivity index (χ3v) is 10.7. The first-order chi connectivity index (χ1) is 14.2. The zero-order chi connectivity index (χ0) is 22.0. The minimum Gasteiger partial charge on any atom is -0.468 e. The first kappa shape index (κ1) is 22.1. The quantitative estimate of drug-likeness (QED) is 0.526. The minimum atomic E-state index is -2.99. The number of halogens is 1. The van der Waals surface area contributed by atoms with E-state index >= 15 is 0 Å². The average molecular weight is 427 g/mol. The largest absolute Gasteiger partial charge is 0.468 e. The van der Waals surface area contributed by atoms with Crippen LogP contribution >= 0.6 is 0 Å². The van der Waals surface area contributed by atoms with Gasteiger partial charge < -0.3 is 9.16 Å². The van der Waals surface area contributed by atoms with E-state index in [2.05, 4.69) is 20.8 Å². The van der Waals surface area contributed by atoms with E-state index in [1.54, 1.807) is 0 Å². The lowest BCUT2D eigenvalue weighted by Crippen LogP contribution is -2.67. The molecule has 0 radical (unpaired) electrons. The van der Waals surface area contributed by atoms with Crippen molar-refractivity contribution in [3.8, 4) is 0 Å². The number of rotatable bonds is 6. The Hall–Kier alpha value is -2.57. The number of carbonyl (C=O) groups is 2. The summed E-state index contributed by atoms with van der Waals surface area (Å²) in [7, 11) is -1.80. The van der Waals surface area contributed by atoms with Gasteiger partial charge in [-0.05, 0) is 21.5 Å². The van der Waals surface area contributed by atoms with Crippen molar-refractivity contribution in [2.45, 2.75) is 32.0 Å². The van der Waals surface area contributed by atoms with Crippen LogP contribution in [0, 0.1) is 5.41 Å². The van der Waals surface area contributed by atoms with Crippen LogP contribution < -0.4 is 10.4 Å². The van der Waals surface area contributed by atoms with Gasteiger partial charge in [0.1, 0.15) is 5.41 Å². The minimum absolute atomic E-state index is 0.281. The molecule has 30 heavy (non-hydrogen) atoms. The number of ketones is 1. The Morgan fingerprint density at radius 2 is 1.53 bits per heavy atom. The summed E-state index contributed by atoms with van der Waals surface area (Å²) in [5, 5.41) is 1.67. The molecule has 0 aliphatic heterocycles. The second-order valence-electron chi connectivity index (χ2n) is 8.58. The van der Waals surface area contributed by atoms with Gasteiger partial charge in [0.2, 0.25) is 0 Å². The van der Waals surface area contributed by atoms with Crippen LogP contribution in [0.3, 0.4) is 0 Å². The third kappa shape index (κ3) is 3.54. The zero-order valence-electron chi connectivity index (χ0n) is 17.7. The lowest BCUT2D eigenvalue weighted by Gasteiger charge is -2.44. The molecule has 0 amide bonds. The average Bonchev–Trinajstić information content (AvgIpc) is 3.04. The molecule has 1 aliphatic carbocycles. The van der Waals surface area contributed by atoms with Crippen LogP contribution in [0.5, 0.6) is 0 Å². The van der Waals surface area contributed by atoms with Gasteiger partial charge in [0, 0.05) is 0 Å². The Morgan fingerprint density at radius 1 is 1.03 bits per heavy atom. The second-order valence-corrected chi connectivity index (χ2v) is 12.9. The molecule has 158 valence electrons. The van der Waals surface area contributed by atoms with Crippen molar-refractivity contribution in [1.29, 1.82) is 0 Å². The van der Waals surface area contributed by atoms with Crippen LogP contribution in [-0.4, -0.2) is 40.0 Å². The Balaban J connectivity index is 2.15. The molecule has 0 aromatic heterocycles. The summed E-state index contributed by atoms with van der Waals surface area (Å²) >= 11 is 0. The van der Waals surface area contributed by atoms with E-state index in [9.17, 15) is 14.0 Å². The summed E-state index contributed by atoms with van der Waals surface area (Å²) in [5.74, 6) is -1.55. The van der Waals surface area contributed by atoms with Crippen molar-refractivity contribution in [3.05, 3.63) is 72.8 Å². The first-order valence-corrected chi connectivity index (χ1v) is 11.8. The van der Waals surface area contributed by atoms with Crippen LogP contribution in [0.1, 0.15) is 20.8 Å². The lowest BCUT2D eigenvalue weighted by atomic mass is 9.87. The van der Waals surface area contributed by atoms with Gasteiger partial charge in [0.25, 0.3) is 8.32 Å². The van der Waals surface area contributed by atoms with Crippen molar-refractivity contribution in [1.82, 2.24) is 0 Å².